The maximum atomic E-state index is 12.7. The van der Waals surface area contributed by atoms with Crippen LogP contribution in [-0.2, 0) is 18.3 Å². The second-order valence-electron chi connectivity index (χ2n) is 7.69. The average Bonchev–Trinajstić information content (AvgIpc) is 2.91. The van der Waals surface area contributed by atoms with Gasteiger partial charge in [0.05, 0.1) is 5.69 Å². The Morgan fingerprint density at radius 2 is 1.81 bits per heavy atom. The van der Waals surface area contributed by atoms with Crippen LogP contribution in [0, 0.1) is 13.8 Å². The number of nitrogens with zero attached hydrogens (tertiary/aromatic N) is 3. The van der Waals surface area contributed by atoms with Crippen LogP contribution in [0.4, 0.5) is 0 Å². The molecule has 0 N–H and O–H groups in total. The minimum atomic E-state index is 0.260. The summed E-state index contributed by atoms with van der Waals surface area (Å²) >= 11 is 0. The molecule has 140 valence electrons. The summed E-state index contributed by atoms with van der Waals surface area (Å²) in [5, 5.41) is 4.45. The molecule has 0 aliphatic heterocycles. The molecule has 3 rings (SSSR count). The predicted molar refractivity (Wildman–Crippen MR) is 105 cm³/mol. The molecular weight excluding hydrogens is 322 g/mol. The van der Waals surface area contributed by atoms with E-state index in [1.807, 2.05) is 30.6 Å². The first kappa shape index (κ1) is 18.7. The second kappa shape index (κ2) is 8.07. The predicted octanol–water partition coefficient (Wildman–Crippen LogP) is 4.15. The molecule has 4 heteroatoms. The summed E-state index contributed by atoms with van der Waals surface area (Å²) in [4.78, 5) is 14.7. The lowest BCUT2D eigenvalue weighted by molar-refractivity contribution is -0.132. The lowest BCUT2D eigenvalue weighted by Gasteiger charge is -2.35. The van der Waals surface area contributed by atoms with Crippen molar-refractivity contribution < 1.29 is 4.79 Å². The van der Waals surface area contributed by atoms with Gasteiger partial charge in [0.1, 0.15) is 0 Å². The normalized spacial score (nSPS) is 20.2. The summed E-state index contributed by atoms with van der Waals surface area (Å²) in [6, 6.07) is 11.2. The highest BCUT2D eigenvalue weighted by Crippen LogP contribution is 2.34. The lowest BCUT2D eigenvalue weighted by Crippen LogP contribution is -2.39. The van der Waals surface area contributed by atoms with Gasteiger partial charge < -0.3 is 4.90 Å². The Balaban J connectivity index is 1.51. The van der Waals surface area contributed by atoms with Gasteiger partial charge in [0.15, 0.2) is 0 Å². The summed E-state index contributed by atoms with van der Waals surface area (Å²) in [6.45, 7) is 4.11. The van der Waals surface area contributed by atoms with E-state index in [1.54, 1.807) is 0 Å². The van der Waals surface area contributed by atoms with Gasteiger partial charge in [-0.2, -0.15) is 5.10 Å². The van der Waals surface area contributed by atoms with Gasteiger partial charge in [-0.05, 0) is 63.0 Å². The molecule has 1 aromatic carbocycles. The van der Waals surface area contributed by atoms with Crippen LogP contribution in [0.5, 0.6) is 0 Å². The summed E-state index contributed by atoms with van der Waals surface area (Å²) in [5.41, 5.74) is 4.88. The lowest BCUT2D eigenvalue weighted by atomic mass is 9.81. The van der Waals surface area contributed by atoms with Crippen LogP contribution in [0.2, 0.25) is 0 Å². The largest absolute Gasteiger partial charge is 0.343 e. The van der Waals surface area contributed by atoms with Crippen molar-refractivity contribution in [1.29, 1.82) is 0 Å². The molecule has 2 aromatic rings. The Kier molecular flexibility index (Phi) is 5.80. The van der Waals surface area contributed by atoms with E-state index in [-0.39, 0.29) is 5.91 Å². The molecule has 0 bridgehead atoms. The molecule has 4 nitrogen and oxygen atoms in total. The van der Waals surface area contributed by atoms with Gasteiger partial charge in [-0.25, -0.2) is 0 Å². The number of benzene rings is 1. The Bertz CT molecular complexity index is 742. The number of hydrogen-bond donors (Lipinski definition) is 0. The Labute approximate surface area is 157 Å². The van der Waals surface area contributed by atoms with Crippen molar-refractivity contribution in [2.45, 2.75) is 64.3 Å². The summed E-state index contributed by atoms with van der Waals surface area (Å²) < 4.78 is 1.91. The summed E-state index contributed by atoms with van der Waals surface area (Å²) in [7, 11) is 3.95. The fourth-order valence-corrected chi connectivity index (χ4v) is 4.31. The van der Waals surface area contributed by atoms with Crippen molar-refractivity contribution in [2.75, 3.05) is 7.05 Å². The Morgan fingerprint density at radius 3 is 2.38 bits per heavy atom. The molecule has 1 aliphatic carbocycles. The highest BCUT2D eigenvalue weighted by atomic mass is 16.2. The molecule has 1 amide bonds. The highest BCUT2D eigenvalue weighted by molar-refractivity contribution is 5.76. The molecule has 1 aliphatic rings. The van der Waals surface area contributed by atoms with Crippen LogP contribution in [0.15, 0.2) is 30.3 Å². The van der Waals surface area contributed by atoms with E-state index in [1.165, 1.54) is 29.7 Å². The van der Waals surface area contributed by atoms with Crippen LogP contribution in [0.1, 0.15) is 60.5 Å². The van der Waals surface area contributed by atoms with Crippen molar-refractivity contribution >= 4 is 5.91 Å². The van der Waals surface area contributed by atoms with Crippen LogP contribution in [0.25, 0.3) is 0 Å². The second-order valence-corrected chi connectivity index (χ2v) is 7.69. The first-order valence-electron chi connectivity index (χ1n) is 9.77. The summed E-state index contributed by atoms with van der Waals surface area (Å²) in [5.74, 6) is 0.910. The molecule has 1 aromatic heterocycles. The number of carbonyl (C=O) groups excluding carboxylic acids is 1. The summed E-state index contributed by atoms with van der Waals surface area (Å²) in [6.07, 6.45) is 5.91. The molecular formula is C22H31N3O. The fraction of sp³-hybridized carbons (Fsp3) is 0.545. The topological polar surface area (TPSA) is 38.1 Å². The van der Waals surface area contributed by atoms with Crippen molar-refractivity contribution in [1.82, 2.24) is 14.7 Å². The molecule has 1 fully saturated rings. The van der Waals surface area contributed by atoms with Gasteiger partial charge in [-0.3, -0.25) is 9.48 Å². The smallest absolute Gasteiger partial charge is 0.222 e. The minimum absolute atomic E-state index is 0.260. The van der Waals surface area contributed by atoms with Gasteiger partial charge >= 0.3 is 0 Å². The monoisotopic (exact) mass is 353 g/mol. The van der Waals surface area contributed by atoms with E-state index in [0.29, 0.717) is 18.4 Å². The molecule has 26 heavy (non-hydrogen) atoms. The maximum absolute atomic E-state index is 12.7. The quantitative estimate of drug-likeness (QED) is 0.810. The first-order valence-corrected chi connectivity index (χ1v) is 9.77. The molecule has 0 radical (unpaired) electrons. The standard InChI is InChI=1S/C22H31N3O/c1-16-21(17(2)25(4)23-16)14-15-22(26)24(3)20-12-10-19(11-13-20)18-8-6-5-7-9-18/h5-9,19-20H,10-15H2,1-4H3. The first-order chi connectivity index (χ1) is 12.5. The number of rotatable bonds is 5. The van der Waals surface area contributed by atoms with Crippen molar-refractivity contribution in [3.05, 3.63) is 52.8 Å². The van der Waals surface area contributed by atoms with Crippen molar-refractivity contribution in [3.8, 4) is 0 Å². The maximum Gasteiger partial charge on any atom is 0.222 e. The fourth-order valence-electron chi connectivity index (χ4n) is 4.31. The zero-order valence-electron chi connectivity index (χ0n) is 16.5. The molecule has 1 heterocycles. The van der Waals surface area contributed by atoms with E-state index in [4.69, 9.17) is 0 Å². The van der Waals surface area contributed by atoms with Gasteiger partial charge in [0.25, 0.3) is 0 Å². The molecule has 0 saturated heterocycles. The van der Waals surface area contributed by atoms with Crippen LogP contribution < -0.4 is 0 Å². The minimum Gasteiger partial charge on any atom is -0.343 e. The third-order valence-corrected chi connectivity index (χ3v) is 6.16. The van der Waals surface area contributed by atoms with Crippen molar-refractivity contribution in [3.63, 3.8) is 0 Å². The number of aromatic nitrogens is 2. The Hall–Kier alpha value is -2.10. The SMILES string of the molecule is Cc1nn(C)c(C)c1CCC(=O)N(C)C1CCC(c2ccccc2)CC1. The number of aryl methyl sites for hydroxylation is 2. The Morgan fingerprint density at radius 1 is 1.15 bits per heavy atom. The number of carbonyl (C=O) groups is 1. The molecule has 0 unspecified atom stereocenters. The van der Waals surface area contributed by atoms with Crippen LogP contribution in [-0.4, -0.2) is 33.7 Å². The van der Waals surface area contributed by atoms with E-state index in [0.717, 1.165) is 25.0 Å². The zero-order chi connectivity index (χ0) is 18.7. The highest BCUT2D eigenvalue weighted by Gasteiger charge is 2.27. The third-order valence-electron chi connectivity index (χ3n) is 6.16. The number of hydrogen-bond acceptors (Lipinski definition) is 2. The van der Waals surface area contributed by atoms with Crippen molar-refractivity contribution in [2.24, 2.45) is 7.05 Å². The van der Waals surface area contributed by atoms with Crippen LogP contribution in [0.3, 0.4) is 0 Å². The number of amides is 1. The molecule has 1 saturated carbocycles. The van der Waals surface area contributed by atoms with E-state index in [2.05, 4.69) is 42.4 Å². The van der Waals surface area contributed by atoms with E-state index < -0.39 is 0 Å². The molecule has 0 spiro atoms. The molecule has 0 atom stereocenters. The van der Waals surface area contributed by atoms with Gasteiger partial charge in [-0.15, -0.1) is 0 Å². The average molecular weight is 354 g/mol. The van der Waals surface area contributed by atoms with Gasteiger partial charge in [-0.1, -0.05) is 30.3 Å². The zero-order valence-corrected chi connectivity index (χ0v) is 16.5. The van der Waals surface area contributed by atoms with Crippen LogP contribution >= 0.6 is 0 Å². The van der Waals surface area contributed by atoms with E-state index >= 15 is 0 Å². The van der Waals surface area contributed by atoms with Gasteiger partial charge in [0.2, 0.25) is 5.91 Å². The van der Waals surface area contributed by atoms with E-state index in [9.17, 15) is 4.79 Å². The third kappa shape index (κ3) is 4.00. The van der Waals surface area contributed by atoms with Gasteiger partial charge in [0, 0.05) is 32.3 Å².